The highest BCUT2D eigenvalue weighted by Gasteiger charge is 2.26. The molecule has 1 amide bonds. The van der Waals surface area contributed by atoms with E-state index >= 15 is 0 Å². The number of nitrogens with zero attached hydrogens (tertiary/aromatic N) is 4. The first kappa shape index (κ1) is 20.2. The van der Waals surface area contributed by atoms with Crippen molar-refractivity contribution in [2.24, 2.45) is 0 Å². The van der Waals surface area contributed by atoms with Crippen molar-refractivity contribution in [1.29, 1.82) is 0 Å². The zero-order valence-electron chi connectivity index (χ0n) is 16.0. The minimum absolute atomic E-state index is 0.130. The Hall–Kier alpha value is -2.51. The van der Waals surface area contributed by atoms with Crippen LogP contribution in [0.3, 0.4) is 0 Å². The van der Waals surface area contributed by atoms with Gasteiger partial charge in [-0.05, 0) is 36.3 Å². The van der Waals surface area contributed by atoms with E-state index in [2.05, 4.69) is 50.1 Å². The molecule has 1 N–H and O–H groups in total. The third-order valence-corrected chi connectivity index (χ3v) is 5.04. The zero-order valence-corrected chi connectivity index (χ0v) is 17.6. The summed E-state index contributed by atoms with van der Waals surface area (Å²) in [6.45, 7) is 6.23. The summed E-state index contributed by atoms with van der Waals surface area (Å²) in [6.07, 6.45) is 1.63. The molecule has 28 heavy (non-hydrogen) atoms. The number of amides is 1. The SMILES string of the molecule is CCN(CC)C(C(=O)Nc1ncn(Cc2cccc(Br)c2)n1)c1ccccc1. The molecule has 7 heteroatoms. The first-order valence-corrected chi connectivity index (χ1v) is 10.1. The van der Waals surface area contributed by atoms with Gasteiger partial charge in [0.05, 0.1) is 6.54 Å². The molecular formula is C21H24BrN5O. The standard InChI is InChI=1S/C21H24BrN5O/c1-3-26(4-2)19(17-10-6-5-7-11-17)20(28)24-21-23-15-27(25-21)14-16-9-8-12-18(22)13-16/h5-13,15,19H,3-4,14H2,1-2H3,(H,24,25,28). The minimum atomic E-state index is -0.381. The van der Waals surface area contributed by atoms with E-state index in [1.54, 1.807) is 11.0 Å². The second kappa shape index (κ2) is 9.61. The summed E-state index contributed by atoms with van der Waals surface area (Å²) in [5.74, 6) is 0.184. The smallest absolute Gasteiger partial charge is 0.248 e. The normalized spacial score (nSPS) is 12.1. The number of aromatic nitrogens is 3. The van der Waals surface area contributed by atoms with Crippen molar-refractivity contribution in [3.8, 4) is 0 Å². The maximum Gasteiger partial charge on any atom is 0.248 e. The number of anilines is 1. The highest BCUT2D eigenvalue weighted by molar-refractivity contribution is 9.10. The number of nitrogens with one attached hydrogen (secondary N) is 1. The Bertz CT molecular complexity index is 908. The van der Waals surface area contributed by atoms with E-state index in [0.29, 0.717) is 12.5 Å². The van der Waals surface area contributed by atoms with E-state index < -0.39 is 0 Å². The number of hydrogen-bond acceptors (Lipinski definition) is 4. The van der Waals surface area contributed by atoms with Gasteiger partial charge in [0, 0.05) is 4.47 Å². The Balaban J connectivity index is 1.74. The number of carbonyl (C=O) groups excluding carboxylic acids is 1. The van der Waals surface area contributed by atoms with E-state index in [9.17, 15) is 4.79 Å². The molecule has 0 aliphatic carbocycles. The van der Waals surface area contributed by atoms with Crippen LogP contribution >= 0.6 is 15.9 Å². The van der Waals surface area contributed by atoms with Gasteiger partial charge < -0.3 is 0 Å². The molecule has 0 aliphatic rings. The lowest BCUT2D eigenvalue weighted by atomic mass is 10.0. The number of carbonyl (C=O) groups is 1. The van der Waals surface area contributed by atoms with Crippen molar-refractivity contribution in [2.75, 3.05) is 18.4 Å². The number of halogens is 1. The third-order valence-electron chi connectivity index (χ3n) is 4.55. The van der Waals surface area contributed by atoms with Gasteiger partial charge in [-0.15, -0.1) is 5.10 Å². The number of hydrogen-bond donors (Lipinski definition) is 1. The predicted octanol–water partition coefficient (Wildman–Crippen LogP) is 4.11. The number of rotatable bonds is 8. The molecule has 0 radical (unpaired) electrons. The molecule has 0 spiro atoms. The van der Waals surface area contributed by atoms with Crippen molar-refractivity contribution in [3.63, 3.8) is 0 Å². The lowest BCUT2D eigenvalue weighted by molar-refractivity contribution is -0.121. The van der Waals surface area contributed by atoms with Crippen LogP contribution in [0.5, 0.6) is 0 Å². The molecule has 3 rings (SSSR count). The van der Waals surface area contributed by atoms with E-state index in [4.69, 9.17) is 0 Å². The van der Waals surface area contributed by atoms with Crippen molar-refractivity contribution >= 4 is 27.8 Å². The van der Waals surface area contributed by atoms with Crippen molar-refractivity contribution in [3.05, 3.63) is 76.5 Å². The first-order valence-electron chi connectivity index (χ1n) is 9.34. The summed E-state index contributed by atoms with van der Waals surface area (Å²) in [6, 6.07) is 17.4. The summed E-state index contributed by atoms with van der Waals surface area (Å²) >= 11 is 3.47. The van der Waals surface area contributed by atoms with E-state index in [1.165, 1.54) is 0 Å². The summed E-state index contributed by atoms with van der Waals surface area (Å²) < 4.78 is 2.73. The Morgan fingerprint density at radius 3 is 2.57 bits per heavy atom. The van der Waals surface area contributed by atoms with Crippen LogP contribution in [0.15, 0.2) is 65.4 Å². The third kappa shape index (κ3) is 5.05. The fraction of sp³-hybridized carbons (Fsp3) is 0.286. The average Bonchev–Trinajstić information content (AvgIpc) is 3.13. The maximum absolute atomic E-state index is 13.0. The van der Waals surface area contributed by atoms with Crippen LogP contribution in [0, 0.1) is 0 Å². The molecule has 0 fully saturated rings. The Kier molecular flexibility index (Phi) is 6.95. The summed E-state index contributed by atoms with van der Waals surface area (Å²) in [5.41, 5.74) is 2.06. The quantitative estimate of drug-likeness (QED) is 0.571. The topological polar surface area (TPSA) is 63.1 Å². The van der Waals surface area contributed by atoms with Crippen LogP contribution in [0.1, 0.15) is 31.0 Å². The van der Waals surface area contributed by atoms with E-state index in [1.807, 2.05) is 54.6 Å². The second-order valence-electron chi connectivity index (χ2n) is 6.42. The summed E-state index contributed by atoms with van der Waals surface area (Å²) in [5, 5.41) is 7.28. The molecular weight excluding hydrogens is 418 g/mol. The van der Waals surface area contributed by atoms with Crippen LogP contribution < -0.4 is 5.32 Å². The van der Waals surface area contributed by atoms with Crippen LogP contribution in [0.4, 0.5) is 5.95 Å². The zero-order chi connectivity index (χ0) is 19.9. The Labute approximate surface area is 173 Å². The van der Waals surface area contributed by atoms with Crippen molar-refractivity contribution < 1.29 is 4.79 Å². The van der Waals surface area contributed by atoms with Crippen LogP contribution in [0.25, 0.3) is 0 Å². The molecule has 2 aromatic carbocycles. The van der Waals surface area contributed by atoms with Gasteiger partial charge >= 0.3 is 0 Å². The first-order chi connectivity index (χ1) is 13.6. The van der Waals surface area contributed by atoms with Gasteiger partial charge in [0.15, 0.2) is 0 Å². The summed E-state index contributed by atoms with van der Waals surface area (Å²) in [4.78, 5) is 19.4. The van der Waals surface area contributed by atoms with E-state index in [-0.39, 0.29) is 11.9 Å². The molecule has 146 valence electrons. The minimum Gasteiger partial charge on any atom is -0.292 e. The molecule has 3 aromatic rings. The fourth-order valence-corrected chi connectivity index (χ4v) is 3.63. The van der Waals surface area contributed by atoms with Crippen LogP contribution in [-0.4, -0.2) is 38.7 Å². The van der Waals surface area contributed by atoms with Gasteiger partial charge in [-0.1, -0.05) is 72.2 Å². The van der Waals surface area contributed by atoms with Gasteiger partial charge in [-0.25, -0.2) is 9.67 Å². The highest BCUT2D eigenvalue weighted by Crippen LogP contribution is 2.22. The Morgan fingerprint density at radius 1 is 1.14 bits per heavy atom. The summed E-state index contributed by atoms with van der Waals surface area (Å²) in [7, 11) is 0. The molecule has 1 aromatic heterocycles. The maximum atomic E-state index is 13.0. The second-order valence-corrected chi connectivity index (χ2v) is 7.34. The highest BCUT2D eigenvalue weighted by atomic mass is 79.9. The van der Waals surface area contributed by atoms with Gasteiger partial charge in [-0.3, -0.25) is 15.0 Å². The van der Waals surface area contributed by atoms with Gasteiger partial charge in [-0.2, -0.15) is 0 Å². The Morgan fingerprint density at radius 2 is 1.89 bits per heavy atom. The van der Waals surface area contributed by atoms with Crippen molar-refractivity contribution in [1.82, 2.24) is 19.7 Å². The van der Waals surface area contributed by atoms with Crippen LogP contribution in [0.2, 0.25) is 0 Å². The molecule has 1 atom stereocenters. The molecule has 6 nitrogen and oxygen atoms in total. The molecule has 0 saturated heterocycles. The largest absolute Gasteiger partial charge is 0.292 e. The van der Waals surface area contributed by atoms with Crippen LogP contribution in [-0.2, 0) is 11.3 Å². The lowest BCUT2D eigenvalue weighted by Crippen LogP contribution is -2.37. The fourth-order valence-electron chi connectivity index (χ4n) is 3.18. The van der Waals surface area contributed by atoms with Gasteiger partial charge in [0.25, 0.3) is 0 Å². The molecule has 0 saturated carbocycles. The predicted molar refractivity (Wildman–Crippen MR) is 114 cm³/mol. The molecule has 1 heterocycles. The lowest BCUT2D eigenvalue weighted by Gasteiger charge is -2.28. The molecule has 0 aliphatic heterocycles. The van der Waals surface area contributed by atoms with Gasteiger partial charge in [0.2, 0.25) is 11.9 Å². The monoisotopic (exact) mass is 441 g/mol. The number of benzene rings is 2. The van der Waals surface area contributed by atoms with E-state index in [0.717, 1.165) is 28.7 Å². The van der Waals surface area contributed by atoms with Crippen molar-refractivity contribution in [2.45, 2.75) is 26.4 Å². The molecule has 1 unspecified atom stereocenters. The average molecular weight is 442 g/mol. The number of likely N-dealkylation sites (N-methyl/N-ethyl adjacent to an activating group) is 1. The molecule has 0 bridgehead atoms. The van der Waals surface area contributed by atoms with Gasteiger partial charge in [0.1, 0.15) is 12.4 Å².